The van der Waals surface area contributed by atoms with Crippen LogP contribution in [0.25, 0.3) is 49.2 Å². The minimum atomic E-state index is 0.956. The molecule has 5 aromatic carbocycles. The number of aryl methyl sites for hydroxylation is 1. The standard InChI is InChI=1S/C40H29N3S/c1-28-25-39-40(44-28)36-26-31(19-24-38(36)43(39)33-15-9-4-10-16-33)37-23-22-35(27-41-37)42(32-13-7-3-8-14-32)34-20-17-30(18-21-34)29-11-5-2-6-12-29/h2-27H,1H3. The summed E-state index contributed by atoms with van der Waals surface area (Å²) in [6, 6.07) is 53.7. The summed E-state index contributed by atoms with van der Waals surface area (Å²) in [5.41, 5.74) is 11.3. The number of hydrogen-bond acceptors (Lipinski definition) is 3. The van der Waals surface area contributed by atoms with Crippen molar-refractivity contribution in [1.29, 1.82) is 0 Å². The van der Waals surface area contributed by atoms with Gasteiger partial charge in [-0.15, -0.1) is 11.3 Å². The number of nitrogens with zero attached hydrogens (tertiary/aromatic N) is 3. The van der Waals surface area contributed by atoms with Gasteiger partial charge in [0.15, 0.2) is 0 Å². The summed E-state index contributed by atoms with van der Waals surface area (Å²) in [6.07, 6.45) is 1.98. The number of para-hydroxylation sites is 2. The lowest BCUT2D eigenvalue weighted by atomic mass is 10.0. The zero-order valence-electron chi connectivity index (χ0n) is 24.3. The van der Waals surface area contributed by atoms with Gasteiger partial charge in [-0.2, -0.15) is 0 Å². The normalized spacial score (nSPS) is 11.3. The Balaban J connectivity index is 1.18. The maximum Gasteiger partial charge on any atom is 0.0703 e. The first kappa shape index (κ1) is 26.2. The predicted molar refractivity (Wildman–Crippen MR) is 187 cm³/mol. The second-order valence-electron chi connectivity index (χ2n) is 11.0. The molecule has 0 unspecified atom stereocenters. The van der Waals surface area contributed by atoms with Crippen molar-refractivity contribution >= 4 is 49.5 Å². The number of hydrogen-bond donors (Lipinski definition) is 0. The molecule has 0 atom stereocenters. The molecule has 0 bridgehead atoms. The summed E-state index contributed by atoms with van der Waals surface area (Å²) in [4.78, 5) is 8.57. The maximum atomic E-state index is 5.00. The molecule has 44 heavy (non-hydrogen) atoms. The van der Waals surface area contributed by atoms with Gasteiger partial charge in [-0.05, 0) is 84.8 Å². The van der Waals surface area contributed by atoms with E-state index in [2.05, 4.69) is 162 Å². The van der Waals surface area contributed by atoms with E-state index < -0.39 is 0 Å². The molecular formula is C40H29N3S. The third-order valence-electron chi connectivity index (χ3n) is 8.12. The van der Waals surface area contributed by atoms with Gasteiger partial charge >= 0.3 is 0 Å². The third kappa shape index (κ3) is 4.66. The fourth-order valence-electron chi connectivity index (χ4n) is 6.06. The van der Waals surface area contributed by atoms with E-state index in [9.17, 15) is 0 Å². The molecule has 0 saturated carbocycles. The first-order valence-electron chi connectivity index (χ1n) is 14.8. The van der Waals surface area contributed by atoms with Crippen LogP contribution < -0.4 is 4.90 Å². The van der Waals surface area contributed by atoms with E-state index in [-0.39, 0.29) is 0 Å². The molecule has 8 aromatic rings. The molecule has 3 aromatic heterocycles. The lowest BCUT2D eigenvalue weighted by Gasteiger charge is -2.25. The Morgan fingerprint density at radius 1 is 0.545 bits per heavy atom. The van der Waals surface area contributed by atoms with E-state index in [1.165, 1.54) is 42.8 Å². The Morgan fingerprint density at radius 2 is 1.16 bits per heavy atom. The van der Waals surface area contributed by atoms with Crippen LogP contribution in [0.2, 0.25) is 0 Å². The van der Waals surface area contributed by atoms with Crippen LogP contribution in [0.4, 0.5) is 17.1 Å². The molecule has 0 saturated heterocycles. The average molecular weight is 584 g/mol. The molecule has 210 valence electrons. The van der Waals surface area contributed by atoms with Crippen molar-refractivity contribution < 1.29 is 0 Å². The van der Waals surface area contributed by atoms with E-state index in [1.807, 2.05) is 23.6 Å². The highest BCUT2D eigenvalue weighted by molar-refractivity contribution is 7.20. The molecular weight excluding hydrogens is 555 g/mol. The average Bonchev–Trinajstić information content (AvgIpc) is 3.61. The van der Waals surface area contributed by atoms with Crippen molar-refractivity contribution in [3.63, 3.8) is 0 Å². The first-order chi connectivity index (χ1) is 21.7. The molecule has 4 heteroatoms. The predicted octanol–water partition coefficient (Wildman–Crippen LogP) is 11.4. The topological polar surface area (TPSA) is 21.1 Å². The molecule has 3 heterocycles. The van der Waals surface area contributed by atoms with Gasteiger partial charge in [0, 0.05) is 32.9 Å². The monoisotopic (exact) mass is 583 g/mol. The Kier molecular flexibility index (Phi) is 6.55. The molecule has 8 rings (SSSR count). The zero-order chi connectivity index (χ0) is 29.5. The van der Waals surface area contributed by atoms with Crippen molar-refractivity contribution in [2.45, 2.75) is 6.92 Å². The van der Waals surface area contributed by atoms with E-state index in [0.717, 1.165) is 28.3 Å². The van der Waals surface area contributed by atoms with Gasteiger partial charge < -0.3 is 9.47 Å². The molecule has 0 aliphatic heterocycles. The van der Waals surface area contributed by atoms with Gasteiger partial charge in [0.1, 0.15) is 0 Å². The van der Waals surface area contributed by atoms with Crippen molar-refractivity contribution in [2.24, 2.45) is 0 Å². The van der Waals surface area contributed by atoms with Crippen LogP contribution in [0, 0.1) is 6.92 Å². The number of benzene rings is 5. The van der Waals surface area contributed by atoms with Crippen molar-refractivity contribution in [3.8, 4) is 28.1 Å². The van der Waals surface area contributed by atoms with Crippen LogP contribution in [0.5, 0.6) is 0 Å². The summed E-state index contributed by atoms with van der Waals surface area (Å²) >= 11 is 1.85. The minimum Gasteiger partial charge on any atom is -0.309 e. The molecule has 3 nitrogen and oxygen atoms in total. The number of rotatable bonds is 6. The van der Waals surface area contributed by atoms with E-state index in [0.29, 0.717) is 0 Å². The fourth-order valence-corrected chi connectivity index (χ4v) is 7.08. The summed E-state index contributed by atoms with van der Waals surface area (Å²) in [5.74, 6) is 0. The van der Waals surface area contributed by atoms with Crippen LogP contribution in [0.3, 0.4) is 0 Å². The molecule has 0 aliphatic rings. The van der Waals surface area contributed by atoms with Gasteiger partial charge in [-0.1, -0.05) is 84.9 Å². The van der Waals surface area contributed by atoms with Gasteiger partial charge in [0.25, 0.3) is 0 Å². The Hall–Kier alpha value is -5.45. The number of anilines is 3. The van der Waals surface area contributed by atoms with Crippen LogP contribution in [-0.2, 0) is 0 Å². The minimum absolute atomic E-state index is 0.956. The van der Waals surface area contributed by atoms with E-state index in [1.54, 1.807) is 0 Å². The molecule has 0 amide bonds. The number of aromatic nitrogens is 2. The van der Waals surface area contributed by atoms with Crippen LogP contribution in [0.1, 0.15) is 4.88 Å². The second-order valence-corrected chi connectivity index (χ2v) is 12.2. The van der Waals surface area contributed by atoms with Crippen molar-refractivity contribution in [2.75, 3.05) is 4.90 Å². The van der Waals surface area contributed by atoms with Crippen molar-refractivity contribution in [3.05, 3.63) is 163 Å². The number of thiophene rings is 1. The number of pyridine rings is 1. The second kappa shape index (κ2) is 11.0. The maximum absolute atomic E-state index is 5.00. The summed E-state index contributed by atoms with van der Waals surface area (Å²) in [7, 11) is 0. The lowest BCUT2D eigenvalue weighted by Crippen LogP contribution is -2.10. The smallest absolute Gasteiger partial charge is 0.0703 e. The highest BCUT2D eigenvalue weighted by atomic mass is 32.1. The first-order valence-corrected chi connectivity index (χ1v) is 15.6. The molecule has 0 radical (unpaired) electrons. The van der Waals surface area contributed by atoms with Gasteiger partial charge in [-0.25, -0.2) is 0 Å². The quantitative estimate of drug-likeness (QED) is 0.194. The molecule has 0 fully saturated rings. The van der Waals surface area contributed by atoms with Gasteiger partial charge in [0.2, 0.25) is 0 Å². The lowest BCUT2D eigenvalue weighted by molar-refractivity contribution is 1.18. The highest BCUT2D eigenvalue weighted by Crippen LogP contribution is 2.40. The van der Waals surface area contributed by atoms with E-state index >= 15 is 0 Å². The molecule has 0 spiro atoms. The van der Waals surface area contributed by atoms with Crippen LogP contribution in [0.15, 0.2) is 158 Å². The van der Waals surface area contributed by atoms with Gasteiger partial charge in [-0.3, -0.25) is 4.98 Å². The fraction of sp³-hybridized carbons (Fsp3) is 0.0250. The van der Waals surface area contributed by atoms with Crippen molar-refractivity contribution in [1.82, 2.24) is 9.55 Å². The Morgan fingerprint density at radius 3 is 1.86 bits per heavy atom. The summed E-state index contributed by atoms with van der Waals surface area (Å²) < 4.78 is 3.68. The Bertz CT molecular complexity index is 2200. The van der Waals surface area contributed by atoms with Gasteiger partial charge in [0.05, 0.1) is 33.3 Å². The molecule has 0 N–H and O–H groups in total. The van der Waals surface area contributed by atoms with E-state index in [4.69, 9.17) is 4.98 Å². The summed E-state index contributed by atoms with van der Waals surface area (Å²) in [5, 5.41) is 1.26. The largest absolute Gasteiger partial charge is 0.309 e. The third-order valence-corrected chi connectivity index (χ3v) is 9.19. The highest BCUT2D eigenvalue weighted by Gasteiger charge is 2.17. The molecule has 0 aliphatic carbocycles. The van der Waals surface area contributed by atoms with Crippen LogP contribution in [-0.4, -0.2) is 9.55 Å². The van der Waals surface area contributed by atoms with Crippen LogP contribution >= 0.6 is 11.3 Å². The summed E-state index contributed by atoms with van der Waals surface area (Å²) in [6.45, 7) is 2.18. The Labute approximate surface area is 260 Å². The SMILES string of the molecule is Cc1cc2c(s1)c1cc(-c3ccc(N(c4ccccc4)c4ccc(-c5ccccc5)cc4)cn3)ccc1n2-c1ccccc1. The zero-order valence-corrected chi connectivity index (χ0v) is 25.1. The number of fused-ring (bicyclic) bond motifs is 3.